The lowest BCUT2D eigenvalue weighted by atomic mass is 9.94. The molecule has 2 saturated heterocycles. The molecule has 42 heavy (non-hydrogen) atoms. The highest BCUT2D eigenvalue weighted by atomic mass is 35.5. The van der Waals surface area contributed by atoms with Crippen LogP contribution >= 0.6 is 11.6 Å². The van der Waals surface area contributed by atoms with Crippen molar-refractivity contribution in [1.29, 1.82) is 0 Å². The predicted molar refractivity (Wildman–Crippen MR) is 158 cm³/mol. The largest absolute Gasteiger partial charge is 0.480 e. The fourth-order valence-electron chi connectivity index (χ4n) is 5.11. The van der Waals surface area contributed by atoms with Crippen molar-refractivity contribution in [1.82, 2.24) is 14.2 Å². The van der Waals surface area contributed by atoms with Crippen molar-refractivity contribution in [2.45, 2.75) is 23.8 Å². The number of halogens is 1. The molecule has 12 nitrogen and oxygen atoms in total. The number of piperazine rings is 1. The van der Waals surface area contributed by atoms with Gasteiger partial charge >= 0.3 is 5.97 Å². The van der Waals surface area contributed by atoms with Crippen LogP contribution in [0.5, 0.6) is 0 Å². The third kappa shape index (κ3) is 7.95. The molecule has 0 saturated carbocycles. The molecule has 2 fully saturated rings. The molecule has 2 aliphatic rings. The maximum absolute atomic E-state index is 13.4. The maximum Gasteiger partial charge on any atom is 0.327 e. The Bertz CT molecular complexity index is 1660. The molecular formula is C27H31ClN4O8S2. The van der Waals surface area contributed by atoms with Gasteiger partial charge in [-0.15, -0.1) is 0 Å². The normalized spacial score (nSPS) is 18.9. The second-order valence-corrected chi connectivity index (χ2v) is 14.1. The summed E-state index contributed by atoms with van der Waals surface area (Å²) in [7, 11) is -7.75. The first-order valence-corrected chi connectivity index (χ1v) is 16.7. The van der Waals surface area contributed by atoms with Crippen molar-refractivity contribution in [3.05, 3.63) is 65.9 Å². The fourth-order valence-corrected chi connectivity index (χ4v) is 6.72. The van der Waals surface area contributed by atoms with Gasteiger partial charge in [0.15, 0.2) is 0 Å². The lowest BCUT2D eigenvalue weighted by molar-refractivity contribution is -0.154. The van der Waals surface area contributed by atoms with E-state index in [1.54, 1.807) is 36.7 Å². The summed E-state index contributed by atoms with van der Waals surface area (Å²) in [5.41, 5.74) is 1.09. The van der Waals surface area contributed by atoms with Crippen molar-refractivity contribution in [2.24, 2.45) is 5.92 Å². The summed E-state index contributed by atoms with van der Waals surface area (Å²) in [6, 6.07) is 12.4. The van der Waals surface area contributed by atoms with Crippen LogP contribution in [0.4, 0.5) is 5.69 Å². The predicted octanol–water partition coefficient (Wildman–Crippen LogP) is 2.59. The summed E-state index contributed by atoms with van der Waals surface area (Å²) >= 11 is 6.02. The number of anilines is 1. The average molecular weight is 639 g/mol. The van der Waals surface area contributed by atoms with Gasteiger partial charge in [-0.2, -0.15) is 12.7 Å². The molecule has 226 valence electrons. The van der Waals surface area contributed by atoms with Crippen LogP contribution in [0.25, 0.3) is 10.8 Å². The average Bonchev–Trinajstić information content (AvgIpc) is 2.93. The molecule has 0 spiro atoms. The number of fused-ring (bicyclic) bond motifs is 1. The number of sulfonamides is 1. The molecule has 5 rings (SSSR count). The molecular weight excluding hydrogens is 608 g/mol. The number of piperidine rings is 1. The number of nitrogens with zero attached hydrogens (tertiary/aromatic N) is 4. The topological polar surface area (TPSA) is 165 Å². The van der Waals surface area contributed by atoms with E-state index in [1.165, 1.54) is 17.0 Å². The van der Waals surface area contributed by atoms with Gasteiger partial charge in [0.05, 0.1) is 17.7 Å². The summed E-state index contributed by atoms with van der Waals surface area (Å²) in [5, 5.41) is 11.9. The van der Waals surface area contributed by atoms with Crippen molar-refractivity contribution in [3.8, 4) is 0 Å². The molecule has 3 aromatic rings. The minimum atomic E-state index is -4.08. The fraction of sp³-hybridized carbons (Fsp3) is 0.370. The molecule has 0 aliphatic carbocycles. The molecule has 2 aromatic carbocycles. The standard InChI is InChI=1S/C26H27ClN4O5S.CH4O3S/c27-21-3-1-20-14-23(4-2-19(20)13-21)37(35,36)30-16-24(26(33)34)31(25(32)17-30)15-18-7-11-29(12-8-18)22-5-9-28-10-6-22;1-5(2,3)4/h1-6,9-10,13-14,18,24H,7-8,11-12,15-17H2,(H,33,34);1H3,(H,2,3,4)/t24-;/m1./s1. The number of aromatic nitrogens is 1. The summed E-state index contributed by atoms with van der Waals surface area (Å²) in [6.45, 7) is 1.20. The highest BCUT2D eigenvalue weighted by Crippen LogP contribution is 2.28. The number of aliphatic carboxylic acids is 1. The summed E-state index contributed by atoms with van der Waals surface area (Å²) in [6.07, 6.45) is 5.83. The van der Waals surface area contributed by atoms with Gasteiger partial charge in [0, 0.05) is 49.3 Å². The van der Waals surface area contributed by atoms with Crippen LogP contribution in [-0.4, -0.2) is 97.6 Å². The third-order valence-corrected chi connectivity index (χ3v) is 9.22. The van der Waals surface area contributed by atoms with Gasteiger partial charge < -0.3 is 14.9 Å². The van der Waals surface area contributed by atoms with Gasteiger partial charge in [-0.25, -0.2) is 13.2 Å². The number of benzene rings is 2. The van der Waals surface area contributed by atoms with E-state index in [9.17, 15) is 31.5 Å². The van der Waals surface area contributed by atoms with E-state index in [-0.39, 0.29) is 23.9 Å². The molecule has 2 aliphatic heterocycles. The molecule has 0 radical (unpaired) electrons. The van der Waals surface area contributed by atoms with Gasteiger partial charge in [-0.05, 0) is 65.9 Å². The van der Waals surface area contributed by atoms with Crippen LogP contribution in [0.1, 0.15) is 12.8 Å². The van der Waals surface area contributed by atoms with Crippen LogP contribution in [0.15, 0.2) is 65.8 Å². The molecule has 2 N–H and O–H groups in total. The zero-order chi connectivity index (χ0) is 30.7. The molecule has 3 heterocycles. The molecule has 0 bridgehead atoms. The van der Waals surface area contributed by atoms with Gasteiger partial charge in [0.1, 0.15) is 6.04 Å². The van der Waals surface area contributed by atoms with Crippen molar-refractivity contribution >= 4 is 60.1 Å². The number of hydrogen-bond acceptors (Lipinski definition) is 8. The third-order valence-electron chi connectivity index (χ3n) is 7.18. The zero-order valence-corrected chi connectivity index (χ0v) is 25.1. The Hall–Kier alpha value is -3.30. The van der Waals surface area contributed by atoms with Crippen LogP contribution in [0.2, 0.25) is 5.02 Å². The Kier molecular flexibility index (Phi) is 9.73. The van der Waals surface area contributed by atoms with Crippen molar-refractivity contribution in [3.63, 3.8) is 0 Å². The first-order valence-electron chi connectivity index (χ1n) is 13.0. The Balaban J connectivity index is 0.000000748. The van der Waals surface area contributed by atoms with Crippen LogP contribution in [0.3, 0.4) is 0 Å². The van der Waals surface area contributed by atoms with E-state index in [4.69, 9.17) is 16.2 Å². The molecule has 1 amide bonds. The maximum atomic E-state index is 13.4. The molecule has 15 heteroatoms. The number of amides is 1. The summed E-state index contributed by atoms with van der Waals surface area (Å²) < 4.78 is 53.7. The number of rotatable bonds is 6. The number of carboxylic acids is 1. The van der Waals surface area contributed by atoms with E-state index in [2.05, 4.69) is 9.88 Å². The Morgan fingerprint density at radius 1 is 1.00 bits per heavy atom. The first kappa shape index (κ1) is 31.6. The zero-order valence-electron chi connectivity index (χ0n) is 22.7. The van der Waals surface area contributed by atoms with E-state index in [0.717, 1.165) is 41.3 Å². The Morgan fingerprint density at radius 3 is 2.21 bits per heavy atom. The number of carbonyl (C=O) groups excluding carboxylic acids is 1. The van der Waals surface area contributed by atoms with Gasteiger partial charge in [0.2, 0.25) is 15.9 Å². The van der Waals surface area contributed by atoms with E-state index < -0.39 is 38.1 Å². The minimum absolute atomic E-state index is 0.0104. The van der Waals surface area contributed by atoms with Gasteiger partial charge in [0.25, 0.3) is 10.1 Å². The second kappa shape index (κ2) is 12.9. The van der Waals surface area contributed by atoms with E-state index in [0.29, 0.717) is 23.2 Å². The number of pyridine rings is 1. The number of hydrogen-bond donors (Lipinski definition) is 2. The summed E-state index contributed by atoms with van der Waals surface area (Å²) in [5.74, 6) is -1.57. The number of carboxylic acid groups (broad SMARTS) is 1. The second-order valence-electron chi connectivity index (χ2n) is 10.2. The Morgan fingerprint density at radius 2 is 1.60 bits per heavy atom. The van der Waals surface area contributed by atoms with E-state index >= 15 is 0 Å². The molecule has 1 aromatic heterocycles. The van der Waals surface area contributed by atoms with Crippen LogP contribution in [-0.2, 0) is 29.7 Å². The smallest absolute Gasteiger partial charge is 0.327 e. The van der Waals surface area contributed by atoms with E-state index in [1.807, 2.05) is 12.1 Å². The summed E-state index contributed by atoms with van der Waals surface area (Å²) in [4.78, 5) is 32.9. The first-order chi connectivity index (χ1) is 19.7. The molecule has 1 atom stereocenters. The van der Waals surface area contributed by atoms with Crippen LogP contribution in [0, 0.1) is 5.92 Å². The van der Waals surface area contributed by atoms with Crippen LogP contribution < -0.4 is 4.90 Å². The SMILES string of the molecule is CS(=O)(=O)O.O=C(O)[C@H]1CN(S(=O)(=O)c2ccc3cc(Cl)ccc3c2)CC(=O)N1CC1CCN(c2ccncc2)CC1. The highest BCUT2D eigenvalue weighted by Gasteiger charge is 2.42. The Labute approximate surface area is 249 Å². The quantitative estimate of drug-likeness (QED) is 0.383. The minimum Gasteiger partial charge on any atom is -0.480 e. The monoisotopic (exact) mass is 638 g/mol. The van der Waals surface area contributed by atoms with Gasteiger partial charge in [-0.3, -0.25) is 14.3 Å². The lowest BCUT2D eigenvalue weighted by Crippen LogP contribution is -2.61. The highest BCUT2D eigenvalue weighted by molar-refractivity contribution is 7.89. The van der Waals surface area contributed by atoms with Crippen molar-refractivity contribution < 1.29 is 36.1 Å². The van der Waals surface area contributed by atoms with Gasteiger partial charge in [-0.1, -0.05) is 23.7 Å². The molecule has 0 unspecified atom stereocenters. The lowest BCUT2D eigenvalue weighted by Gasteiger charge is -2.41. The van der Waals surface area contributed by atoms with Crippen molar-refractivity contribution in [2.75, 3.05) is 43.9 Å². The number of carbonyl (C=O) groups is 2.